The smallest absolute Gasteiger partial charge is 0.269 e. The van der Waals surface area contributed by atoms with E-state index in [1.165, 1.54) is 18.2 Å². The van der Waals surface area contributed by atoms with E-state index in [4.69, 9.17) is 23.2 Å². The van der Waals surface area contributed by atoms with E-state index in [0.717, 1.165) is 16.4 Å². The minimum atomic E-state index is -4.01. The first-order valence-electron chi connectivity index (χ1n) is 8.72. The number of hydrogen-bond acceptors (Lipinski definition) is 5. The lowest BCUT2D eigenvalue weighted by Gasteiger charge is -2.33. The molecule has 3 rings (SSSR count). The maximum atomic E-state index is 13.1. The van der Waals surface area contributed by atoms with Gasteiger partial charge in [-0.15, -0.1) is 0 Å². The van der Waals surface area contributed by atoms with Gasteiger partial charge in [0.25, 0.3) is 5.69 Å². The number of piperidine rings is 1. The van der Waals surface area contributed by atoms with Gasteiger partial charge in [0, 0.05) is 23.7 Å². The van der Waals surface area contributed by atoms with Crippen LogP contribution in [0.1, 0.15) is 19.3 Å². The Labute approximate surface area is 177 Å². The van der Waals surface area contributed by atoms with E-state index in [2.05, 4.69) is 5.32 Å². The van der Waals surface area contributed by atoms with E-state index in [0.29, 0.717) is 30.0 Å². The van der Waals surface area contributed by atoms with E-state index in [9.17, 15) is 23.3 Å². The van der Waals surface area contributed by atoms with Crippen molar-refractivity contribution in [3.05, 3.63) is 62.6 Å². The molecule has 0 saturated carbocycles. The summed E-state index contributed by atoms with van der Waals surface area (Å²) < 4.78 is 27.3. The number of sulfonamides is 1. The summed E-state index contributed by atoms with van der Waals surface area (Å²) >= 11 is 11.9. The van der Waals surface area contributed by atoms with Gasteiger partial charge in [-0.25, -0.2) is 8.42 Å². The second-order valence-corrected chi connectivity index (χ2v) is 9.23. The van der Waals surface area contributed by atoms with Gasteiger partial charge in [-0.1, -0.05) is 29.6 Å². The molecule has 1 unspecified atom stereocenters. The monoisotopic (exact) mass is 457 g/mol. The molecule has 11 heteroatoms. The minimum Gasteiger partial charge on any atom is -0.323 e. The number of carbonyl (C=O) groups is 1. The molecule has 1 N–H and O–H groups in total. The molecular formula is C18H17Cl2N3O5S. The van der Waals surface area contributed by atoms with Crippen LogP contribution in [0.4, 0.5) is 11.4 Å². The average molecular weight is 458 g/mol. The number of non-ortho nitro benzene ring substituents is 1. The van der Waals surface area contributed by atoms with Crippen molar-refractivity contribution in [3.63, 3.8) is 0 Å². The van der Waals surface area contributed by atoms with Crippen LogP contribution in [0.3, 0.4) is 0 Å². The molecule has 2 aromatic rings. The number of nitrogens with zero attached hydrogens (tertiary/aromatic N) is 2. The molecule has 0 bridgehead atoms. The van der Waals surface area contributed by atoms with Gasteiger partial charge in [-0.05, 0) is 43.2 Å². The molecule has 1 amide bonds. The first kappa shape index (κ1) is 21.5. The number of carbonyl (C=O) groups excluding carboxylic acids is 1. The van der Waals surface area contributed by atoms with Crippen LogP contribution in [0.15, 0.2) is 47.4 Å². The molecule has 1 saturated heterocycles. The van der Waals surface area contributed by atoms with E-state index < -0.39 is 26.9 Å². The van der Waals surface area contributed by atoms with Crippen molar-refractivity contribution in [2.24, 2.45) is 0 Å². The number of halogens is 2. The summed E-state index contributed by atoms with van der Waals surface area (Å²) in [5.74, 6) is -0.501. The van der Waals surface area contributed by atoms with Crippen LogP contribution in [0.5, 0.6) is 0 Å². The number of rotatable bonds is 5. The minimum absolute atomic E-state index is 0.104. The van der Waals surface area contributed by atoms with Crippen LogP contribution in [0.2, 0.25) is 10.0 Å². The number of anilines is 1. The predicted octanol–water partition coefficient (Wildman–Crippen LogP) is 4.08. The van der Waals surface area contributed by atoms with Gasteiger partial charge in [0.1, 0.15) is 6.04 Å². The number of nitro groups is 1. The summed E-state index contributed by atoms with van der Waals surface area (Å²) in [6.45, 7) is 0.172. The molecule has 1 aliphatic rings. The molecule has 29 heavy (non-hydrogen) atoms. The third-order valence-corrected chi connectivity index (χ3v) is 7.07. The number of amides is 1. The number of hydrogen-bond donors (Lipinski definition) is 1. The molecule has 0 radical (unpaired) electrons. The molecule has 0 aromatic heterocycles. The second-order valence-electron chi connectivity index (χ2n) is 6.49. The van der Waals surface area contributed by atoms with Gasteiger partial charge < -0.3 is 5.32 Å². The fourth-order valence-electron chi connectivity index (χ4n) is 3.14. The van der Waals surface area contributed by atoms with Crippen LogP contribution >= 0.6 is 23.2 Å². The van der Waals surface area contributed by atoms with Gasteiger partial charge >= 0.3 is 0 Å². The maximum Gasteiger partial charge on any atom is 0.269 e. The average Bonchev–Trinajstić information content (AvgIpc) is 2.70. The number of benzene rings is 2. The largest absolute Gasteiger partial charge is 0.323 e. The first-order chi connectivity index (χ1) is 13.7. The molecule has 2 aromatic carbocycles. The summed E-state index contributed by atoms with van der Waals surface area (Å²) in [6, 6.07) is 8.26. The van der Waals surface area contributed by atoms with Crippen molar-refractivity contribution in [2.75, 3.05) is 11.9 Å². The quantitative estimate of drug-likeness (QED) is 0.536. The zero-order valence-corrected chi connectivity index (χ0v) is 17.4. The van der Waals surface area contributed by atoms with E-state index in [1.807, 2.05) is 0 Å². The Balaban J connectivity index is 1.86. The highest BCUT2D eigenvalue weighted by atomic mass is 35.5. The Morgan fingerprint density at radius 1 is 1.14 bits per heavy atom. The Kier molecular flexibility index (Phi) is 6.42. The summed E-state index contributed by atoms with van der Waals surface area (Å²) in [6.07, 6.45) is 1.65. The highest BCUT2D eigenvalue weighted by molar-refractivity contribution is 7.89. The molecule has 8 nitrogen and oxygen atoms in total. The Hall–Kier alpha value is -2.20. The van der Waals surface area contributed by atoms with Gasteiger partial charge in [0.05, 0.1) is 20.5 Å². The normalized spacial score (nSPS) is 17.7. The van der Waals surface area contributed by atoms with E-state index in [-0.39, 0.29) is 22.2 Å². The maximum absolute atomic E-state index is 13.1. The fourth-order valence-corrected chi connectivity index (χ4v) is 5.25. The Bertz CT molecular complexity index is 1040. The predicted molar refractivity (Wildman–Crippen MR) is 110 cm³/mol. The SMILES string of the molecule is O=C(Nc1ccc(Cl)cc1Cl)C1CCCCN1S(=O)(=O)c1ccc([N+](=O)[O-])cc1. The first-order valence-corrected chi connectivity index (χ1v) is 10.9. The molecule has 1 heterocycles. The summed E-state index contributed by atoms with van der Waals surface area (Å²) in [7, 11) is -4.01. The van der Waals surface area contributed by atoms with Crippen molar-refractivity contribution in [1.29, 1.82) is 0 Å². The highest BCUT2D eigenvalue weighted by Crippen LogP contribution is 2.29. The van der Waals surface area contributed by atoms with Crippen molar-refractivity contribution in [2.45, 2.75) is 30.2 Å². The van der Waals surface area contributed by atoms with E-state index in [1.54, 1.807) is 12.1 Å². The second kappa shape index (κ2) is 8.66. The molecule has 1 fully saturated rings. The molecule has 0 spiro atoms. The van der Waals surface area contributed by atoms with Crippen molar-refractivity contribution >= 4 is 50.5 Å². The Morgan fingerprint density at radius 3 is 2.45 bits per heavy atom. The van der Waals surface area contributed by atoms with Gasteiger partial charge in [-0.3, -0.25) is 14.9 Å². The summed E-state index contributed by atoms with van der Waals surface area (Å²) in [4.78, 5) is 22.9. The van der Waals surface area contributed by atoms with Gasteiger partial charge in [0.2, 0.25) is 15.9 Å². The standard InChI is InChI=1S/C18H17Cl2N3O5S/c19-12-4-9-16(15(20)11-12)21-18(24)17-3-1-2-10-22(17)29(27,28)14-7-5-13(6-8-14)23(25)26/h4-9,11,17H,1-3,10H2,(H,21,24). The Morgan fingerprint density at radius 2 is 1.83 bits per heavy atom. The summed E-state index contributed by atoms with van der Waals surface area (Å²) in [5.41, 5.74) is 0.119. The molecule has 154 valence electrons. The third kappa shape index (κ3) is 4.69. The lowest BCUT2D eigenvalue weighted by Crippen LogP contribution is -2.49. The number of nitrogens with one attached hydrogen (secondary N) is 1. The van der Waals surface area contributed by atoms with Crippen molar-refractivity contribution < 1.29 is 18.1 Å². The third-order valence-electron chi connectivity index (χ3n) is 4.60. The van der Waals surface area contributed by atoms with Crippen LogP contribution in [0, 0.1) is 10.1 Å². The van der Waals surface area contributed by atoms with Crippen molar-refractivity contribution in [1.82, 2.24) is 4.31 Å². The molecule has 0 aliphatic carbocycles. The molecule has 1 atom stereocenters. The zero-order valence-electron chi connectivity index (χ0n) is 15.0. The molecular weight excluding hydrogens is 441 g/mol. The van der Waals surface area contributed by atoms with E-state index >= 15 is 0 Å². The molecule has 1 aliphatic heterocycles. The van der Waals surface area contributed by atoms with Crippen LogP contribution < -0.4 is 5.32 Å². The van der Waals surface area contributed by atoms with Crippen LogP contribution in [-0.2, 0) is 14.8 Å². The highest BCUT2D eigenvalue weighted by Gasteiger charge is 2.38. The fraction of sp³-hybridized carbons (Fsp3) is 0.278. The van der Waals surface area contributed by atoms with Gasteiger partial charge in [0.15, 0.2) is 0 Å². The lowest BCUT2D eigenvalue weighted by molar-refractivity contribution is -0.384. The van der Waals surface area contributed by atoms with Crippen LogP contribution in [-0.4, -0.2) is 36.1 Å². The van der Waals surface area contributed by atoms with Crippen LogP contribution in [0.25, 0.3) is 0 Å². The summed E-state index contributed by atoms with van der Waals surface area (Å²) in [5, 5.41) is 14.1. The lowest BCUT2D eigenvalue weighted by atomic mass is 10.0. The topological polar surface area (TPSA) is 110 Å². The van der Waals surface area contributed by atoms with Gasteiger partial charge in [-0.2, -0.15) is 4.31 Å². The number of nitro benzene ring substituents is 1. The zero-order chi connectivity index (χ0) is 21.2. The van der Waals surface area contributed by atoms with Crippen molar-refractivity contribution in [3.8, 4) is 0 Å².